The van der Waals surface area contributed by atoms with Gasteiger partial charge in [0.05, 0.1) is 6.10 Å². The van der Waals surface area contributed by atoms with E-state index in [-0.39, 0.29) is 13.0 Å². The van der Waals surface area contributed by atoms with Gasteiger partial charge in [-0.3, -0.25) is 19.1 Å². The number of nitrogens with one attached hydrogen (secondary N) is 1. The van der Waals surface area contributed by atoms with E-state index >= 15 is 0 Å². The number of aromatic nitrogens is 2. The van der Waals surface area contributed by atoms with Crippen molar-refractivity contribution in [2.75, 3.05) is 6.54 Å². The molecule has 3 N–H and O–H groups in total. The van der Waals surface area contributed by atoms with Gasteiger partial charge in [-0.25, -0.2) is 9.59 Å². The Kier molecular flexibility index (Phi) is 3.70. The molecule has 1 aliphatic rings. The van der Waals surface area contributed by atoms with Crippen LogP contribution < -0.4 is 11.2 Å². The quantitative estimate of drug-likeness (QED) is 0.565. The van der Waals surface area contributed by atoms with E-state index in [1.807, 2.05) is 4.98 Å². The third-order valence-corrected chi connectivity index (χ3v) is 3.09. The molecule has 1 aromatic heterocycles. The first-order valence-corrected chi connectivity index (χ1v) is 5.88. The lowest BCUT2D eigenvalue weighted by molar-refractivity contribution is -0.148. The number of likely N-dealkylation sites (tertiary alicyclic amines) is 1. The predicted octanol–water partition coefficient (Wildman–Crippen LogP) is -2.42. The molecular weight excluding hydrogens is 270 g/mol. The second-order valence-corrected chi connectivity index (χ2v) is 4.53. The maximum absolute atomic E-state index is 12.0. The first-order chi connectivity index (χ1) is 9.38. The fourth-order valence-electron chi connectivity index (χ4n) is 2.13. The molecule has 1 aliphatic heterocycles. The molecule has 1 aromatic rings. The van der Waals surface area contributed by atoms with Crippen LogP contribution in [-0.4, -0.2) is 55.2 Å². The Hall–Kier alpha value is -2.42. The smallest absolute Gasteiger partial charge is 0.328 e. The average molecular weight is 283 g/mol. The summed E-state index contributed by atoms with van der Waals surface area (Å²) in [6.07, 6.45) is 0.218. The Morgan fingerprint density at radius 1 is 1.40 bits per heavy atom. The summed E-state index contributed by atoms with van der Waals surface area (Å²) in [6.45, 7) is -0.486. The number of β-amino-alcohol motifs (C(OH)–C–C–N with tert-alkyl or cyclic N) is 1. The highest BCUT2D eigenvalue weighted by molar-refractivity contribution is 5.84. The molecule has 0 bridgehead atoms. The predicted molar refractivity (Wildman–Crippen MR) is 65.1 cm³/mol. The van der Waals surface area contributed by atoms with Gasteiger partial charge < -0.3 is 15.1 Å². The average Bonchev–Trinajstić information content (AvgIpc) is 2.75. The first kappa shape index (κ1) is 14.0. The van der Waals surface area contributed by atoms with Gasteiger partial charge in [0.2, 0.25) is 5.91 Å². The van der Waals surface area contributed by atoms with E-state index < -0.39 is 41.8 Å². The molecule has 2 unspecified atom stereocenters. The van der Waals surface area contributed by atoms with Crippen LogP contribution in [0.15, 0.2) is 21.9 Å². The van der Waals surface area contributed by atoms with Crippen LogP contribution in [-0.2, 0) is 16.1 Å². The fourth-order valence-corrected chi connectivity index (χ4v) is 2.13. The molecule has 0 saturated carbocycles. The minimum absolute atomic E-state index is 0.0401. The molecule has 1 amide bonds. The SMILES string of the molecule is O=C(O)C1CC(O)CN1C(=O)Cn1ccc(=O)[nH]c1=O. The third-order valence-electron chi connectivity index (χ3n) is 3.09. The molecule has 2 rings (SSSR count). The van der Waals surface area contributed by atoms with Crippen LogP contribution in [0, 0.1) is 0 Å². The number of aliphatic hydroxyl groups is 1. The van der Waals surface area contributed by atoms with Crippen molar-refractivity contribution in [1.82, 2.24) is 14.5 Å². The minimum atomic E-state index is -1.20. The number of carbonyl (C=O) groups excluding carboxylic acids is 1. The van der Waals surface area contributed by atoms with Crippen molar-refractivity contribution in [3.05, 3.63) is 33.1 Å². The monoisotopic (exact) mass is 283 g/mol. The zero-order valence-electron chi connectivity index (χ0n) is 10.4. The number of aromatic amines is 1. The van der Waals surface area contributed by atoms with Gasteiger partial charge in [0, 0.05) is 25.2 Å². The molecule has 0 aromatic carbocycles. The van der Waals surface area contributed by atoms with Gasteiger partial charge in [0.1, 0.15) is 12.6 Å². The molecule has 0 aliphatic carbocycles. The summed E-state index contributed by atoms with van der Waals surface area (Å²) in [4.78, 5) is 48.4. The van der Waals surface area contributed by atoms with Crippen LogP contribution in [0.25, 0.3) is 0 Å². The molecule has 2 atom stereocenters. The van der Waals surface area contributed by atoms with E-state index in [0.29, 0.717) is 0 Å². The normalized spacial score (nSPS) is 21.9. The third kappa shape index (κ3) is 2.77. The van der Waals surface area contributed by atoms with E-state index in [1.54, 1.807) is 0 Å². The van der Waals surface area contributed by atoms with Crippen LogP contribution in [0.2, 0.25) is 0 Å². The summed E-state index contributed by atoms with van der Waals surface area (Å²) in [5.41, 5.74) is -1.34. The van der Waals surface area contributed by atoms with Crippen molar-refractivity contribution in [3.8, 4) is 0 Å². The molecule has 0 spiro atoms. The maximum atomic E-state index is 12.0. The number of rotatable bonds is 3. The van der Waals surface area contributed by atoms with Crippen LogP contribution >= 0.6 is 0 Å². The highest BCUT2D eigenvalue weighted by atomic mass is 16.4. The second kappa shape index (κ2) is 5.29. The largest absolute Gasteiger partial charge is 0.480 e. The van der Waals surface area contributed by atoms with Crippen LogP contribution in [0.4, 0.5) is 0 Å². The first-order valence-electron chi connectivity index (χ1n) is 5.88. The van der Waals surface area contributed by atoms with Crippen molar-refractivity contribution >= 4 is 11.9 Å². The number of nitrogens with zero attached hydrogens (tertiary/aromatic N) is 2. The van der Waals surface area contributed by atoms with Crippen molar-refractivity contribution in [3.63, 3.8) is 0 Å². The molecule has 0 radical (unpaired) electrons. The number of carbonyl (C=O) groups is 2. The van der Waals surface area contributed by atoms with Gasteiger partial charge in [0.15, 0.2) is 0 Å². The minimum Gasteiger partial charge on any atom is -0.480 e. The summed E-state index contributed by atoms with van der Waals surface area (Å²) in [7, 11) is 0. The zero-order valence-corrected chi connectivity index (χ0v) is 10.4. The molecule has 1 fully saturated rings. The van der Waals surface area contributed by atoms with Crippen LogP contribution in [0.5, 0.6) is 0 Å². The fraction of sp³-hybridized carbons (Fsp3) is 0.455. The Morgan fingerprint density at radius 2 is 2.10 bits per heavy atom. The number of carboxylic acids is 1. The summed E-state index contributed by atoms with van der Waals surface area (Å²) >= 11 is 0. The number of hydrogen-bond donors (Lipinski definition) is 3. The highest BCUT2D eigenvalue weighted by Gasteiger charge is 2.38. The zero-order chi connectivity index (χ0) is 14.9. The lowest BCUT2D eigenvalue weighted by Crippen LogP contribution is -2.44. The van der Waals surface area contributed by atoms with Crippen molar-refractivity contribution in [2.45, 2.75) is 25.1 Å². The van der Waals surface area contributed by atoms with E-state index in [1.165, 1.54) is 0 Å². The van der Waals surface area contributed by atoms with E-state index in [4.69, 9.17) is 5.11 Å². The molecule has 20 heavy (non-hydrogen) atoms. The van der Waals surface area contributed by atoms with Gasteiger partial charge in [-0.15, -0.1) is 0 Å². The molecular formula is C11H13N3O6. The summed E-state index contributed by atoms with van der Waals surface area (Å²) in [6, 6.07) is -0.0155. The number of hydrogen-bond acceptors (Lipinski definition) is 5. The van der Waals surface area contributed by atoms with Gasteiger partial charge in [-0.05, 0) is 0 Å². The standard InChI is InChI=1S/C11H13N3O6/c15-6-3-7(10(18)19)14(4-6)9(17)5-13-2-1-8(16)12-11(13)20/h1-2,6-7,15H,3-5H2,(H,18,19)(H,12,16,20). The molecule has 2 heterocycles. The van der Waals surface area contributed by atoms with Gasteiger partial charge in [0.25, 0.3) is 5.56 Å². The Morgan fingerprint density at radius 3 is 2.70 bits per heavy atom. The van der Waals surface area contributed by atoms with E-state index in [0.717, 1.165) is 21.7 Å². The highest BCUT2D eigenvalue weighted by Crippen LogP contribution is 2.18. The lowest BCUT2D eigenvalue weighted by Gasteiger charge is -2.21. The molecule has 9 heteroatoms. The van der Waals surface area contributed by atoms with E-state index in [2.05, 4.69) is 0 Å². The Labute approximate surface area is 112 Å². The summed E-state index contributed by atoms with van der Waals surface area (Å²) < 4.78 is 0.966. The van der Waals surface area contributed by atoms with Crippen LogP contribution in [0.3, 0.4) is 0 Å². The summed E-state index contributed by atoms with van der Waals surface area (Å²) in [5, 5.41) is 18.4. The molecule has 9 nitrogen and oxygen atoms in total. The van der Waals surface area contributed by atoms with Gasteiger partial charge in [-0.1, -0.05) is 0 Å². The number of amides is 1. The van der Waals surface area contributed by atoms with Gasteiger partial charge >= 0.3 is 11.7 Å². The molecule has 1 saturated heterocycles. The lowest BCUT2D eigenvalue weighted by atomic mass is 10.2. The van der Waals surface area contributed by atoms with Gasteiger partial charge in [-0.2, -0.15) is 0 Å². The molecule has 108 valence electrons. The summed E-state index contributed by atoms with van der Waals surface area (Å²) in [5.74, 6) is -1.81. The maximum Gasteiger partial charge on any atom is 0.328 e. The second-order valence-electron chi connectivity index (χ2n) is 4.53. The Balaban J connectivity index is 2.17. The van der Waals surface area contributed by atoms with Crippen molar-refractivity contribution in [1.29, 1.82) is 0 Å². The van der Waals surface area contributed by atoms with E-state index in [9.17, 15) is 24.3 Å². The topological polar surface area (TPSA) is 133 Å². The van der Waals surface area contributed by atoms with Crippen molar-refractivity contribution in [2.24, 2.45) is 0 Å². The Bertz CT molecular complexity index is 648. The number of carboxylic acid groups (broad SMARTS) is 1. The number of aliphatic carboxylic acids is 1. The van der Waals surface area contributed by atoms with Crippen molar-refractivity contribution < 1.29 is 19.8 Å². The number of aliphatic hydroxyl groups excluding tert-OH is 1. The number of H-pyrrole nitrogens is 1. The van der Waals surface area contributed by atoms with Crippen LogP contribution in [0.1, 0.15) is 6.42 Å².